The van der Waals surface area contributed by atoms with E-state index in [1.165, 1.54) is 34.2 Å². The number of dihydropyridines is 1. The van der Waals surface area contributed by atoms with Crippen LogP contribution in [0.5, 0.6) is 0 Å². The molecule has 0 aliphatic carbocycles. The lowest BCUT2D eigenvalue weighted by atomic mass is 9.87. The highest BCUT2D eigenvalue weighted by atomic mass is 15.3. The van der Waals surface area contributed by atoms with Crippen LogP contribution in [0.25, 0.3) is 0 Å². The second kappa shape index (κ2) is 4.07. The fourth-order valence-electron chi connectivity index (χ4n) is 5.84. The third kappa shape index (κ3) is 1.32. The van der Waals surface area contributed by atoms with Gasteiger partial charge >= 0.3 is 0 Å². The first-order valence-corrected chi connectivity index (χ1v) is 9.20. The van der Waals surface area contributed by atoms with E-state index in [4.69, 9.17) is 0 Å². The van der Waals surface area contributed by atoms with Gasteiger partial charge in [0.2, 0.25) is 0 Å². The van der Waals surface area contributed by atoms with Crippen molar-refractivity contribution in [3.05, 3.63) is 71.3 Å². The van der Waals surface area contributed by atoms with Crippen molar-refractivity contribution in [2.75, 3.05) is 16.3 Å². The van der Waals surface area contributed by atoms with Crippen LogP contribution < -0.4 is 15.1 Å². The number of fused-ring (bicyclic) bond motifs is 9. The highest BCUT2D eigenvalue weighted by molar-refractivity contribution is 5.87. The lowest BCUT2D eigenvalue weighted by molar-refractivity contribution is 0.495. The smallest absolute Gasteiger partial charge is 0.0661 e. The Hall–Kier alpha value is -2.75. The Labute approximate surface area is 146 Å². The van der Waals surface area contributed by atoms with Gasteiger partial charge in [0.25, 0.3) is 0 Å². The van der Waals surface area contributed by atoms with Gasteiger partial charge in [0.1, 0.15) is 0 Å². The first-order chi connectivity index (χ1) is 12.4. The topological polar surface area (TPSA) is 31.4 Å². The molecule has 0 saturated heterocycles. The van der Waals surface area contributed by atoms with E-state index in [0.29, 0.717) is 18.0 Å². The lowest BCUT2D eigenvalue weighted by Gasteiger charge is -2.30. The second-order valence-electron chi connectivity index (χ2n) is 7.63. The SMILES string of the molecule is C1=CC2=C(CC3C4c5c(cccc5N5c6cccnc6CC45)N23)NC1. The molecule has 0 spiro atoms. The Bertz CT molecular complexity index is 1000. The molecule has 1 aromatic carbocycles. The molecule has 0 saturated carbocycles. The van der Waals surface area contributed by atoms with Crippen LogP contribution in [-0.4, -0.2) is 23.6 Å². The third-order valence-corrected chi connectivity index (χ3v) is 6.62. The first-order valence-electron chi connectivity index (χ1n) is 9.20. The molecule has 4 heteroatoms. The minimum absolute atomic E-state index is 0.515. The minimum atomic E-state index is 0.515. The zero-order valence-electron chi connectivity index (χ0n) is 13.8. The molecular formula is C21H18N4. The molecule has 0 bridgehead atoms. The van der Waals surface area contributed by atoms with Gasteiger partial charge in [-0.2, -0.15) is 0 Å². The summed E-state index contributed by atoms with van der Waals surface area (Å²) in [5.41, 5.74) is 9.79. The summed E-state index contributed by atoms with van der Waals surface area (Å²) in [4.78, 5) is 9.85. The van der Waals surface area contributed by atoms with Crippen molar-refractivity contribution in [3.8, 4) is 0 Å². The van der Waals surface area contributed by atoms with Crippen LogP contribution in [0.15, 0.2) is 60.1 Å². The van der Waals surface area contributed by atoms with Crippen molar-refractivity contribution in [2.24, 2.45) is 0 Å². The highest BCUT2D eigenvalue weighted by Gasteiger charge is 2.56. The molecule has 6 heterocycles. The Morgan fingerprint density at radius 2 is 1.80 bits per heavy atom. The molecule has 4 nitrogen and oxygen atoms in total. The fourth-order valence-corrected chi connectivity index (χ4v) is 5.84. The molecule has 0 fully saturated rings. The number of hydrogen-bond acceptors (Lipinski definition) is 4. The highest BCUT2D eigenvalue weighted by Crippen LogP contribution is 2.62. The summed E-state index contributed by atoms with van der Waals surface area (Å²) in [5.74, 6) is 0.571. The minimum Gasteiger partial charge on any atom is -0.383 e. The van der Waals surface area contributed by atoms with Crippen LogP contribution in [0.3, 0.4) is 0 Å². The normalized spacial score (nSPS) is 29.4. The number of aromatic nitrogens is 1. The van der Waals surface area contributed by atoms with Crippen LogP contribution in [0, 0.1) is 0 Å². The van der Waals surface area contributed by atoms with Crippen molar-refractivity contribution >= 4 is 17.1 Å². The fraction of sp³-hybridized carbons (Fsp3) is 0.286. The van der Waals surface area contributed by atoms with Crippen molar-refractivity contribution < 1.29 is 0 Å². The number of nitrogens with one attached hydrogen (secondary N) is 1. The number of allylic oxidation sites excluding steroid dienone is 1. The van der Waals surface area contributed by atoms with Gasteiger partial charge in [-0.05, 0) is 30.3 Å². The van der Waals surface area contributed by atoms with E-state index in [1.54, 1.807) is 5.56 Å². The van der Waals surface area contributed by atoms with Crippen LogP contribution in [-0.2, 0) is 6.42 Å². The van der Waals surface area contributed by atoms with Crippen LogP contribution in [0.2, 0.25) is 0 Å². The largest absolute Gasteiger partial charge is 0.383 e. The van der Waals surface area contributed by atoms with Crippen LogP contribution >= 0.6 is 0 Å². The predicted octanol–water partition coefficient (Wildman–Crippen LogP) is 3.20. The zero-order valence-corrected chi connectivity index (χ0v) is 13.8. The van der Waals surface area contributed by atoms with E-state index in [0.717, 1.165) is 19.4 Å². The zero-order chi connectivity index (χ0) is 16.1. The molecule has 0 amide bonds. The van der Waals surface area contributed by atoms with Gasteiger partial charge in [-0.25, -0.2) is 0 Å². The predicted molar refractivity (Wildman–Crippen MR) is 98.1 cm³/mol. The Morgan fingerprint density at radius 3 is 2.76 bits per heavy atom. The number of anilines is 3. The van der Waals surface area contributed by atoms with Gasteiger partial charge in [-0.1, -0.05) is 12.1 Å². The van der Waals surface area contributed by atoms with Crippen molar-refractivity contribution in [1.82, 2.24) is 10.3 Å². The molecule has 1 aromatic heterocycles. The summed E-state index contributed by atoms with van der Waals surface area (Å²) >= 11 is 0. The van der Waals surface area contributed by atoms with Crippen molar-refractivity contribution in [1.29, 1.82) is 0 Å². The van der Waals surface area contributed by atoms with Gasteiger partial charge in [0.05, 0.1) is 17.1 Å². The Morgan fingerprint density at radius 1 is 0.960 bits per heavy atom. The quantitative estimate of drug-likeness (QED) is 0.805. The standard InChI is InChI=1S/C21H18N4/c1-4-16-20-17(5-1)25-15-7-3-9-23-13(15)11-19(25)21(20)18-10-12-14(24(16)18)6-2-8-22-12/h1-8,18-19,21,23H,9-11H2. The molecule has 0 radical (unpaired) electrons. The maximum atomic E-state index is 4.67. The van der Waals surface area contributed by atoms with E-state index < -0.39 is 0 Å². The first kappa shape index (κ1) is 12.6. The van der Waals surface area contributed by atoms with Gasteiger partial charge in [-0.3, -0.25) is 4.98 Å². The monoisotopic (exact) mass is 326 g/mol. The number of pyridine rings is 1. The van der Waals surface area contributed by atoms with E-state index >= 15 is 0 Å². The summed E-state index contributed by atoms with van der Waals surface area (Å²) in [5, 5.41) is 3.60. The molecule has 1 N–H and O–H groups in total. The maximum Gasteiger partial charge on any atom is 0.0661 e. The maximum absolute atomic E-state index is 4.67. The number of hydrogen-bond donors (Lipinski definition) is 1. The van der Waals surface area contributed by atoms with Gasteiger partial charge in [0, 0.05) is 66.2 Å². The number of benzene rings is 1. The average molecular weight is 326 g/mol. The van der Waals surface area contributed by atoms with E-state index in [2.05, 4.69) is 62.6 Å². The molecule has 122 valence electrons. The molecule has 2 aromatic rings. The molecule has 7 rings (SSSR count). The summed E-state index contributed by atoms with van der Waals surface area (Å²) in [6.45, 7) is 0.960. The van der Waals surface area contributed by atoms with Crippen molar-refractivity contribution in [3.63, 3.8) is 0 Å². The van der Waals surface area contributed by atoms with Gasteiger partial charge < -0.3 is 15.1 Å². The van der Waals surface area contributed by atoms with E-state index in [9.17, 15) is 0 Å². The molecule has 5 aliphatic rings. The van der Waals surface area contributed by atoms with Gasteiger partial charge in [0.15, 0.2) is 0 Å². The summed E-state index contributed by atoms with van der Waals surface area (Å²) in [6, 6.07) is 12.2. The van der Waals surface area contributed by atoms with E-state index in [1.807, 2.05) is 6.20 Å². The molecule has 25 heavy (non-hydrogen) atoms. The summed E-state index contributed by atoms with van der Waals surface area (Å²) in [6.07, 6.45) is 8.68. The molecule has 5 aliphatic heterocycles. The van der Waals surface area contributed by atoms with Crippen molar-refractivity contribution in [2.45, 2.75) is 30.8 Å². The molecular weight excluding hydrogens is 308 g/mol. The third-order valence-electron chi connectivity index (χ3n) is 6.62. The lowest BCUT2D eigenvalue weighted by Crippen LogP contribution is -2.37. The van der Waals surface area contributed by atoms with Gasteiger partial charge in [-0.15, -0.1) is 0 Å². The summed E-state index contributed by atoms with van der Waals surface area (Å²) < 4.78 is 0. The van der Waals surface area contributed by atoms with Crippen LogP contribution in [0.4, 0.5) is 17.1 Å². The Kier molecular flexibility index (Phi) is 2.05. The molecule has 3 atom stereocenters. The average Bonchev–Trinajstić information content (AvgIpc) is 3.35. The number of rotatable bonds is 0. The van der Waals surface area contributed by atoms with E-state index in [-0.39, 0.29) is 0 Å². The summed E-state index contributed by atoms with van der Waals surface area (Å²) in [7, 11) is 0. The second-order valence-corrected chi connectivity index (χ2v) is 7.63. The van der Waals surface area contributed by atoms with Crippen LogP contribution in [0.1, 0.15) is 23.6 Å². The number of nitrogens with zero attached hydrogens (tertiary/aromatic N) is 3. The Balaban J connectivity index is 1.45. The molecule has 3 unspecified atom stereocenters.